The molecule has 0 radical (unpaired) electrons. The number of benzene rings is 2. The summed E-state index contributed by atoms with van der Waals surface area (Å²) in [5.74, 6) is -0.357. The Bertz CT molecular complexity index is 712. The lowest BCUT2D eigenvalue weighted by Crippen LogP contribution is -2.37. The summed E-state index contributed by atoms with van der Waals surface area (Å²) in [6.45, 7) is 3.62. The van der Waals surface area contributed by atoms with E-state index in [0.717, 1.165) is 31.2 Å². The van der Waals surface area contributed by atoms with E-state index >= 15 is 0 Å². The molecule has 0 bridgehead atoms. The average Bonchev–Trinajstić information content (AvgIpc) is 2.65. The summed E-state index contributed by atoms with van der Waals surface area (Å²) in [5.41, 5.74) is 5.68. The van der Waals surface area contributed by atoms with E-state index < -0.39 is 6.09 Å². The monoisotopic (exact) mass is 368 g/mol. The Morgan fingerprint density at radius 1 is 0.852 bits per heavy atom. The van der Waals surface area contributed by atoms with E-state index in [-0.39, 0.29) is 18.4 Å². The summed E-state index contributed by atoms with van der Waals surface area (Å²) in [4.78, 5) is 27.8. The molecule has 0 saturated carbocycles. The Morgan fingerprint density at radius 2 is 1.41 bits per heavy atom. The van der Waals surface area contributed by atoms with Crippen molar-refractivity contribution in [2.75, 3.05) is 0 Å². The zero-order valence-electron chi connectivity index (χ0n) is 16.0. The predicted octanol–water partition coefficient (Wildman–Crippen LogP) is 3.96. The highest BCUT2D eigenvalue weighted by Gasteiger charge is 2.08. The molecule has 2 aromatic rings. The van der Waals surface area contributed by atoms with Crippen molar-refractivity contribution in [3.05, 3.63) is 71.3 Å². The molecule has 27 heavy (non-hydrogen) atoms. The van der Waals surface area contributed by atoms with Crippen LogP contribution in [0.3, 0.4) is 0 Å². The van der Waals surface area contributed by atoms with E-state index in [2.05, 4.69) is 52.0 Å². The highest BCUT2D eigenvalue weighted by atomic mass is 16.7. The second-order valence-corrected chi connectivity index (χ2v) is 6.90. The van der Waals surface area contributed by atoms with E-state index in [9.17, 15) is 9.59 Å². The Balaban J connectivity index is 1.66. The largest absolute Gasteiger partial charge is 0.431 e. The van der Waals surface area contributed by atoms with Gasteiger partial charge in [-0.25, -0.2) is 4.79 Å². The molecule has 0 fully saturated rings. The fraction of sp³-hybridized carbons (Fsp3) is 0.364. The number of unbranched alkanes of at least 4 members (excludes halogenated alkanes) is 1. The lowest BCUT2D eigenvalue weighted by molar-refractivity contribution is -0.128. The highest BCUT2D eigenvalue weighted by molar-refractivity contribution is 5.79. The minimum absolute atomic E-state index is 0.0466. The summed E-state index contributed by atoms with van der Waals surface area (Å²) in [5, 5.41) is 2.53. The number of aryl methyl sites for hydroxylation is 2. The number of nitrogens with one attached hydrogen (secondary N) is 2. The van der Waals surface area contributed by atoms with Gasteiger partial charge in [-0.2, -0.15) is 5.48 Å². The topological polar surface area (TPSA) is 67.4 Å². The van der Waals surface area contributed by atoms with Gasteiger partial charge in [-0.1, -0.05) is 54.6 Å². The Hall–Kier alpha value is -2.82. The predicted molar refractivity (Wildman–Crippen MR) is 106 cm³/mol. The van der Waals surface area contributed by atoms with Crippen LogP contribution in [-0.2, 0) is 28.9 Å². The Labute approximate surface area is 161 Å². The van der Waals surface area contributed by atoms with Gasteiger partial charge in [-0.3, -0.25) is 4.79 Å². The first-order chi connectivity index (χ1) is 13.0. The number of carbonyl (C=O) groups is 2. The first kappa shape index (κ1) is 20.5. The fourth-order valence-corrected chi connectivity index (χ4v) is 2.72. The van der Waals surface area contributed by atoms with E-state index in [1.807, 2.05) is 32.0 Å². The maximum atomic E-state index is 11.8. The number of amides is 2. The first-order valence-corrected chi connectivity index (χ1v) is 9.41. The number of rotatable bonds is 8. The number of hydrogen-bond donors (Lipinski definition) is 2. The molecule has 2 aromatic carbocycles. The molecule has 5 nitrogen and oxygen atoms in total. The van der Waals surface area contributed by atoms with Gasteiger partial charge in [0.05, 0.1) is 6.42 Å². The van der Waals surface area contributed by atoms with Crippen molar-refractivity contribution in [1.29, 1.82) is 0 Å². The van der Waals surface area contributed by atoms with Crippen LogP contribution in [0.4, 0.5) is 4.79 Å². The van der Waals surface area contributed by atoms with Crippen LogP contribution < -0.4 is 10.8 Å². The summed E-state index contributed by atoms with van der Waals surface area (Å²) < 4.78 is 0. The van der Waals surface area contributed by atoms with Crippen LogP contribution in [0.25, 0.3) is 0 Å². The summed E-state index contributed by atoms with van der Waals surface area (Å²) >= 11 is 0. The van der Waals surface area contributed by atoms with Gasteiger partial charge in [0.2, 0.25) is 0 Å². The summed E-state index contributed by atoms with van der Waals surface area (Å²) in [6, 6.07) is 18.5. The average molecular weight is 368 g/mol. The second kappa shape index (κ2) is 11.0. The lowest BCUT2D eigenvalue weighted by Gasteiger charge is -2.09. The highest BCUT2D eigenvalue weighted by Crippen LogP contribution is 2.11. The molecule has 144 valence electrons. The van der Waals surface area contributed by atoms with E-state index in [1.54, 1.807) is 0 Å². The fourth-order valence-electron chi connectivity index (χ4n) is 2.72. The Kier molecular flexibility index (Phi) is 8.36. The van der Waals surface area contributed by atoms with Crippen LogP contribution in [0.2, 0.25) is 0 Å². The number of hydroxylamine groups is 1. The molecule has 0 aliphatic rings. The zero-order valence-corrected chi connectivity index (χ0v) is 16.0. The van der Waals surface area contributed by atoms with Gasteiger partial charge in [0.15, 0.2) is 0 Å². The van der Waals surface area contributed by atoms with Gasteiger partial charge >= 0.3 is 6.09 Å². The third kappa shape index (κ3) is 8.40. The third-order valence-corrected chi connectivity index (χ3v) is 4.08. The quantitative estimate of drug-likeness (QED) is 0.547. The minimum atomic E-state index is -0.663. The molecule has 0 saturated heterocycles. The number of carbonyl (C=O) groups excluding carboxylic acids is 2. The van der Waals surface area contributed by atoms with Crippen molar-refractivity contribution in [1.82, 2.24) is 10.8 Å². The van der Waals surface area contributed by atoms with E-state index in [1.165, 1.54) is 11.1 Å². The van der Waals surface area contributed by atoms with Gasteiger partial charge in [-0.15, -0.1) is 0 Å². The Morgan fingerprint density at radius 3 is 2.00 bits per heavy atom. The smallest absolute Gasteiger partial charge is 0.322 e. The molecule has 0 spiro atoms. The third-order valence-electron chi connectivity index (χ3n) is 4.08. The van der Waals surface area contributed by atoms with Crippen molar-refractivity contribution in [3.8, 4) is 0 Å². The molecule has 0 aliphatic heterocycles. The SMILES string of the molecule is CC(C)NC(=O)ONC(=O)Cc1ccc(CCCCc2ccccc2)cc1. The molecule has 0 aromatic heterocycles. The van der Waals surface area contributed by atoms with Crippen LogP contribution in [0, 0.1) is 0 Å². The summed E-state index contributed by atoms with van der Waals surface area (Å²) in [6.07, 6.45) is 3.92. The number of hydrogen-bond acceptors (Lipinski definition) is 3. The molecule has 0 aliphatic carbocycles. The normalized spacial score (nSPS) is 10.5. The van der Waals surface area contributed by atoms with E-state index in [0.29, 0.717) is 0 Å². The summed E-state index contributed by atoms with van der Waals surface area (Å²) in [7, 11) is 0. The van der Waals surface area contributed by atoms with Crippen molar-refractivity contribution >= 4 is 12.0 Å². The van der Waals surface area contributed by atoms with E-state index in [4.69, 9.17) is 0 Å². The first-order valence-electron chi connectivity index (χ1n) is 9.41. The standard InChI is InChI=1S/C22H28N2O3/c1-17(2)23-22(26)27-24-21(25)16-20-14-12-19(13-15-20)11-7-6-10-18-8-4-3-5-9-18/h3-5,8-9,12-15,17H,6-7,10-11,16H2,1-2H3,(H,23,26)(H,24,25). The van der Waals surface area contributed by atoms with Crippen molar-refractivity contribution in [2.24, 2.45) is 0 Å². The van der Waals surface area contributed by atoms with Crippen LogP contribution in [0.5, 0.6) is 0 Å². The van der Waals surface area contributed by atoms with Gasteiger partial charge in [0, 0.05) is 6.04 Å². The van der Waals surface area contributed by atoms with Gasteiger partial charge in [0.25, 0.3) is 5.91 Å². The van der Waals surface area contributed by atoms with Gasteiger partial charge < -0.3 is 10.2 Å². The molecule has 2 N–H and O–H groups in total. The maximum Gasteiger partial charge on any atom is 0.431 e. The zero-order chi connectivity index (χ0) is 19.5. The second-order valence-electron chi connectivity index (χ2n) is 6.90. The molecule has 2 amide bonds. The molecule has 0 heterocycles. The van der Waals surface area contributed by atoms with Crippen LogP contribution >= 0.6 is 0 Å². The lowest BCUT2D eigenvalue weighted by atomic mass is 10.0. The van der Waals surface area contributed by atoms with Crippen LogP contribution in [0.15, 0.2) is 54.6 Å². The molecule has 5 heteroatoms. The van der Waals surface area contributed by atoms with Crippen LogP contribution in [0.1, 0.15) is 43.4 Å². The van der Waals surface area contributed by atoms with Crippen molar-refractivity contribution < 1.29 is 14.4 Å². The minimum Gasteiger partial charge on any atom is -0.322 e. The molecular weight excluding hydrogens is 340 g/mol. The van der Waals surface area contributed by atoms with Crippen molar-refractivity contribution in [3.63, 3.8) is 0 Å². The molecule has 0 unspecified atom stereocenters. The molecule has 2 rings (SSSR count). The molecular formula is C22H28N2O3. The molecule has 0 atom stereocenters. The van der Waals surface area contributed by atoms with Gasteiger partial charge in [0.1, 0.15) is 0 Å². The van der Waals surface area contributed by atoms with Crippen LogP contribution in [-0.4, -0.2) is 18.0 Å². The van der Waals surface area contributed by atoms with Gasteiger partial charge in [-0.05, 0) is 56.2 Å². The maximum absolute atomic E-state index is 11.8. The van der Waals surface area contributed by atoms with Crippen molar-refractivity contribution in [2.45, 2.75) is 52.0 Å².